The summed E-state index contributed by atoms with van der Waals surface area (Å²) in [5.41, 5.74) is 0.828. The number of aromatic nitrogens is 3. The van der Waals surface area contributed by atoms with E-state index in [1.165, 1.54) is 6.07 Å². The Hall–Kier alpha value is -2.24. The number of hydrogen-bond acceptors (Lipinski definition) is 7. The average Bonchev–Trinajstić information content (AvgIpc) is 3.21. The number of carboxylic acids is 1. The summed E-state index contributed by atoms with van der Waals surface area (Å²) in [6.07, 6.45) is 3.46. The zero-order valence-corrected chi connectivity index (χ0v) is 22.4. The molecule has 1 aromatic carbocycles. The molecule has 0 saturated carbocycles. The standard InChI is InChI=1S/C22H28IN4O6P/c1-22(2,3)33-21(30)24-8-4-5-9-31-10-11-32-19-18-16(13-27(26-18)34-23)15-7-6-14(20(28)29)12-17(15)25-19/h6-7,12-13,34H,4-5,8-11H2,1-3H3,(H,24,30)(H,28,29). The molecule has 0 aliphatic rings. The number of nitrogens with one attached hydrogen (secondary N) is 1. The Morgan fingerprint density at radius 1 is 1.18 bits per heavy atom. The van der Waals surface area contributed by atoms with Gasteiger partial charge in [0.1, 0.15) is 12.2 Å². The first-order valence-electron chi connectivity index (χ1n) is 10.8. The summed E-state index contributed by atoms with van der Waals surface area (Å²) in [4.78, 5) is 27.5. The topological polar surface area (TPSA) is 125 Å². The summed E-state index contributed by atoms with van der Waals surface area (Å²) in [5.74, 6) is -0.658. The van der Waals surface area contributed by atoms with E-state index in [2.05, 4.69) is 37.4 Å². The molecule has 2 heterocycles. The fourth-order valence-corrected chi connectivity index (χ4v) is 4.21. The lowest BCUT2D eigenvalue weighted by Crippen LogP contribution is -2.33. The zero-order valence-electron chi connectivity index (χ0n) is 19.3. The number of aromatic carboxylic acids is 1. The predicted molar refractivity (Wildman–Crippen MR) is 140 cm³/mol. The van der Waals surface area contributed by atoms with Gasteiger partial charge in [0.05, 0.1) is 24.1 Å². The Kier molecular flexibility index (Phi) is 9.26. The lowest BCUT2D eigenvalue weighted by molar-refractivity contribution is 0.0522. The van der Waals surface area contributed by atoms with Gasteiger partial charge in [-0.1, -0.05) is 6.07 Å². The van der Waals surface area contributed by atoms with E-state index in [4.69, 9.17) is 14.2 Å². The highest BCUT2D eigenvalue weighted by atomic mass is 127. The lowest BCUT2D eigenvalue weighted by atomic mass is 10.1. The lowest BCUT2D eigenvalue weighted by Gasteiger charge is -2.19. The molecule has 12 heteroatoms. The molecule has 0 spiro atoms. The van der Waals surface area contributed by atoms with Crippen molar-refractivity contribution in [2.45, 2.75) is 39.2 Å². The summed E-state index contributed by atoms with van der Waals surface area (Å²) in [6, 6.07) is 4.85. The number of halogens is 1. The monoisotopic (exact) mass is 602 g/mol. The highest BCUT2D eigenvalue weighted by Crippen LogP contribution is 2.34. The first kappa shape index (κ1) is 26.4. The van der Waals surface area contributed by atoms with Gasteiger partial charge in [0.2, 0.25) is 5.88 Å². The number of alkyl carbamates (subject to hydrolysis) is 1. The van der Waals surface area contributed by atoms with Gasteiger partial charge in [-0.15, -0.1) is 0 Å². The van der Waals surface area contributed by atoms with Gasteiger partial charge in [-0.25, -0.2) is 19.0 Å². The van der Waals surface area contributed by atoms with E-state index in [9.17, 15) is 14.7 Å². The molecule has 1 atom stereocenters. The van der Waals surface area contributed by atoms with E-state index in [0.717, 1.165) is 23.6 Å². The Labute approximate surface area is 212 Å². The van der Waals surface area contributed by atoms with Crippen LogP contribution in [-0.2, 0) is 9.47 Å². The molecule has 2 aromatic heterocycles. The Balaban J connectivity index is 1.50. The maximum atomic E-state index is 11.6. The fourth-order valence-electron chi connectivity index (χ4n) is 3.15. The number of amides is 1. The van der Waals surface area contributed by atoms with E-state index in [0.29, 0.717) is 43.0 Å². The molecule has 0 radical (unpaired) electrons. The van der Waals surface area contributed by atoms with E-state index in [1.54, 1.807) is 12.1 Å². The predicted octanol–water partition coefficient (Wildman–Crippen LogP) is 4.77. The number of carbonyl (C=O) groups excluding carboxylic acids is 1. The van der Waals surface area contributed by atoms with Crippen LogP contribution in [0.15, 0.2) is 24.4 Å². The Morgan fingerprint density at radius 3 is 2.68 bits per heavy atom. The normalized spacial score (nSPS) is 12.0. The molecule has 0 aliphatic carbocycles. The summed E-state index contributed by atoms with van der Waals surface area (Å²) >= 11 is 2.24. The molecule has 3 aromatic rings. The summed E-state index contributed by atoms with van der Waals surface area (Å²) < 4.78 is 18.5. The number of pyridine rings is 1. The van der Waals surface area contributed by atoms with Gasteiger partial charge < -0.3 is 24.6 Å². The minimum Gasteiger partial charge on any atom is -0.478 e. The van der Waals surface area contributed by atoms with Crippen LogP contribution in [-0.4, -0.2) is 63.7 Å². The molecular formula is C22H28IN4O6P. The quantitative estimate of drug-likeness (QED) is 0.183. The highest BCUT2D eigenvalue weighted by Gasteiger charge is 2.16. The van der Waals surface area contributed by atoms with Gasteiger partial charge in [-0.3, -0.25) is 0 Å². The number of benzene rings is 1. The van der Waals surface area contributed by atoms with Crippen molar-refractivity contribution in [3.05, 3.63) is 30.0 Å². The fraction of sp³-hybridized carbons (Fsp3) is 0.455. The summed E-state index contributed by atoms with van der Waals surface area (Å²) in [6.45, 7) is 7.17. The molecule has 1 amide bonds. The van der Waals surface area contributed by atoms with Gasteiger partial charge in [0.15, 0.2) is 5.52 Å². The minimum absolute atomic E-state index is 0.165. The van der Waals surface area contributed by atoms with Crippen molar-refractivity contribution in [1.82, 2.24) is 19.9 Å². The van der Waals surface area contributed by atoms with Crippen molar-refractivity contribution in [2.75, 3.05) is 26.4 Å². The van der Waals surface area contributed by atoms with E-state index < -0.39 is 17.7 Å². The largest absolute Gasteiger partial charge is 0.478 e. The third kappa shape index (κ3) is 7.38. The molecule has 0 saturated heterocycles. The van der Waals surface area contributed by atoms with Crippen molar-refractivity contribution >= 4 is 62.3 Å². The van der Waals surface area contributed by atoms with Gasteiger partial charge in [0.25, 0.3) is 0 Å². The summed E-state index contributed by atoms with van der Waals surface area (Å²) in [5, 5.41) is 18.3. The average molecular weight is 602 g/mol. The number of rotatable bonds is 11. The first-order valence-corrected chi connectivity index (χ1v) is 14.8. The first-order chi connectivity index (χ1) is 16.2. The molecule has 1 unspecified atom stereocenters. The number of ether oxygens (including phenoxy) is 3. The van der Waals surface area contributed by atoms with Crippen molar-refractivity contribution in [3.8, 4) is 5.88 Å². The van der Waals surface area contributed by atoms with Gasteiger partial charge in [0, 0.05) is 30.1 Å². The van der Waals surface area contributed by atoms with E-state index in [1.807, 2.05) is 31.4 Å². The SMILES string of the molecule is CC(C)(C)OC(=O)NCCCCOCCOc1nc2cc(C(=O)O)ccc2c2cn(PI)nc12. The number of nitrogens with zero attached hydrogens (tertiary/aromatic N) is 3. The minimum atomic E-state index is -1.01. The maximum absolute atomic E-state index is 11.6. The Bertz CT molecular complexity index is 1160. The van der Waals surface area contributed by atoms with Crippen LogP contribution < -0.4 is 10.1 Å². The maximum Gasteiger partial charge on any atom is 0.407 e. The third-order valence-electron chi connectivity index (χ3n) is 4.61. The Morgan fingerprint density at radius 2 is 1.97 bits per heavy atom. The van der Waals surface area contributed by atoms with Gasteiger partial charge in [-0.05, 0) is 67.8 Å². The third-order valence-corrected chi connectivity index (χ3v) is 6.50. The second-order valence-corrected chi connectivity index (χ2v) is 10.5. The smallest absolute Gasteiger partial charge is 0.407 e. The van der Waals surface area contributed by atoms with Crippen LogP contribution in [0.25, 0.3) is 21.8 Å². The molecule has 2 N–H and O–H groups in total. The van der Waals surface area contributed by atoms with Gasteiger partial charge >= 0.3 is 12.1 Å². The molecular weight excluding hydrogens is 574 g/mol. The van der Waals surface area contributed by atoms with Crippen LogP contribution in [0.1, 0.15) is 44.0 Å². The number of fused-ring (bicyclic) bond motifs is 3. The molecule has 3 rings (SSSR count). The van der Waals surface area contributed by atoms with Crippen molar-refractivity contribution in [2.24, 2.45) is 0 Å². The van der Waals surface area contributed by atoms with Crippen LogP contribution in [0.3, 0.4) is 0 Å². The van der Waals surface area contributed by atoms with Crippen LogP contribution in [0.5, 0.6) is 5.88 Å². The van der Waals surface area contributed by atoms with Crippen molar-refractivity contribution < 1.29 is 28.9 Å². The van der Waals surface area contributed by atoms with Crippen LogP contribution >= 0.6 is 28.4 Å². The number of unbranched alkanes of at least 4 members (excludes halogenated alkanes) is 1. The molecule has 10 nitrogen and oxygen atoms in total. The van der Waals surface area contributed by atoms with Crippen LogP contribution in [0.4, 0.5) is 4.79 Å². The second-order valence-electron chi connectivity index (χ2n) is 8.47. The van der Waals surface area contributed by atoms with Gasteiger partial charge in [-0.2, -0.15) is 5.10 Å². The number of hydrogen-bond donors (Lipinski definition) is 2. The van der Waals surface area contributed by atoms with Crippen molar-refractivity contribution in [1.29, 1.82) is 0 Å². The molecule has 184 valence electrons. The number of carbonyl (C=O) groups is 2. The molecule has 0 fully saturated rings. The second kappa shape index (κ2) is 11.9. The zero-order chi connectivity index (χ0) is 24.7. The summed E-state index contributed by atoms with van der Waals surface area (Å²) in [7, 11) is 0. The molecule has 0 bridgehead atoms. The molecule has 0 aliphatic heterocycles. The van der Waals surface area contributed by atoms with E-state index in [-0.39, 0.29) is 12.2 Å². The molecule has 34 heavy (non-hydrogen) atoms. The van der Waals surface area contributed by atoms with Crippen LogP contribution in [0.2, 0.25) is 0 Å². The van der Waals surface area contributed by atoms with Crippen molar-refractivity contribution in [3.63, 3.8) is 0 Å². The highest BCUT2D eigenvalue weighted by molar-refractivity contribution is 14.2. The van der Waals surface area contributed by atoms with Crippen LogP contribution in [0, 0.1) is 0 Å². The number of carboxylic acid groups (broad SMARTS) is 1. The van der Waals surface area contributed by atoms with E-state index >= 15 is 0 Å².